The molecule has 1 aliphatic heterocycles. The Morgan fingerprint density at radius 2 is 2.04 bits per heavy atom. The Morgan fingerprint density at radius 1 is 1.26 bits per heavy atom. The van der Waals surface area contributed by atoms with Crippen LogP contribution in [0.25, 0.3) is 10.9 Å². The van der Waals surface area contributed by atoms with Crippen LogP contribution in [-0.4, -0.2) is 49.6 Å². The number of rotatable bonds is 3. The van der Waals surface area contributed by atoms with E-state index >= 15 is 0 Å². The number of carbonyl (C=O) groups excluding carboxylic acids is 1. The summed E-state index contributed by atoms with van der Waals surface area (Å²) in [5.41, 5.74) is 3.16. The standard InChI is InChI=1S/C18H23N3O2/c1-12(2)14-5-6-19-18-15(14)9-13(23-4)10-16(18)21-8-7-20(3)17(22)11-21/h5-6,9-10,12H,7-8,11H2,1-4H3. The number of piperazine rings is 1. The highest BCUT2D eigenvalue weighted by Crippen LogP contribution is 2.35. The van der Waals surface area contributed by atoms with Gasteiger partial charge in [-0.15, -0.1) is 0 Å². The van der Waals surface area contributed by atoms with Crippen LogP contribution < -0.4 is 9.64 Å². The van der Waals surface area contributed by atoms with Crippen molar-refractivity contribution in [2.75, 3.05) is 38.7 Å². The number of amides is 1. The topological polar surface area (TPSA) is 45.7 Å². The van der Waals surface area contributed by atoms with Crippen LogP contribution in [0.15, 0.2) is 24.4 Å². The van der Waals surface area contributed by atoms with Crippen LogP contribution in [0.4, 0.5) is 5.69 Å². The molecule has 1 fully saturated rings. The molecular weight excluding hydrogens is 290 g/mol. The molecule has 0 saturated carbocycles. The molecule has 1 aromatic heterocycles. The number of anilines is 1. The fourth-order valence-corrected chi connectivity index (χ4v) is 3.06. The summed E-state index contributed by atoms with van der Waals surface area (Å²) in [5, 5.41) is 1.10. The minimum Gasteiger partial charge on any atom is -0.497 e. The molecule has 0 radical (unpaired) electrons. The monoisotopic (exact) mass is 313 g/mol. The molecular formula is C18H23N3O2. The van der Waals surface area contributed by atoms with Crippen molar-refractivity contribution < 1.29 is 9.53 Å². The molecule has 1 aliphatic rings. The lowest BCUT2D eigenvalue weighted by Gasteiger charge is -2.34. The minimum absolute atomic E-state index is 0.132. The van der Waals surface area contributed by atoms with E-state index in [9.17, 15) is 4.79 Å². The van der Waals surface area contributed by atoms with Crippen molar-refractivity contribution in [3.8, 4) is 5.75 Å². The molecule has 122 valence electrons. The highest BCUT2D eigenvalue weighted by Gasteiger charge is 2.24. The van der Waals surface area contributed by atoms with Crippen molar-refractivity contribution in [1.82, 2.24) is 9.88 Å². The number of likely N-dealkylation sites (N-methyl/N-ethyl adjacent to an activating group) is 1. The van der Waals surface area contributed by atoms with Crippen LogP contribution >= 0.6 is 0 Å². The zero-order valence-corrected chi connectivity index (χ0v) is 14.2. The molecule has 1 amide bonds. The highest BCUT2D eigenvalue weighted by molar-refractivity contribution is 5.96. The first-order valence-corrected chi connectivity index (χ1v) is 7.97. The van der Waals surface area contributed by atoms with Crippen molar-refractivity contribution >= 4 is 22.5 Å². The maximum absolute atomic E-state index is 12.1. The number of pyridine rings is 1. The van der Waals surface area contributed by atoms with Crippen LogP contribution in [0.1, 0.15) is 25.3 Å². The molecule has 0 N–H and O–H groups in total. The highest BCUT2D eigenvalue weighted by atomic mass is 16.5. The Balaban J connectivity index is 2.16. The lowest BCUT2D eigenvalue weighted by molar-refractivity contribution is -0.129. The predicted molar refractivity (Wildman–Crippen MR) is 92.2 cm³/mol. The van der Waals surface area contributed by atoms with E-state index in [4.69, 9.17) is 4.74 Å². The predicted octanol–water partition coefficient (Wildman–Crippen LogP) is 2.65. The first kappa shape index (κ1) is 15.6. The molecule has 0 aliphatic carbocycles. The smallest absolute Gasteiger partial charge is 0.241 e. The maximum Gasteiger partial charge on any atom is 0.241 e. The third-order valence-electron chi connectivity index (χ3n) is 4.49. The third kappa shape index (κ3) is 2.83. The Labute approximate surface area is 136 Å². The Hall–Kier alpha value is -2.30. The van der Waals surface area contributed by atoms with Gasteiger partial charge in [0.05, 0.1) is 24.9 Å². The maximum atomic E-state index is 12.1. The Kier molecular flexibility index (Phi) is 4.11. The van der Waals surface area contributed by atoms with Crippen LogP contribution in [0.2, 0.25) is 0 Å². The number of hydrogen-bond acceptors (Lipinski definition) is 4. The quantitative estimate of drug-likeness (QED) is 0.874. The number of hydrogen-bond donors (Lipinski definition) is 0. The molecule has 5 nitrogen and oxygen atoms in total. The van der Waals surface area contributed by atoms with Crippen molar-refractivity contribution in [2.24, 2.45) is 0 Å². The van der Waals surface area contributed by atoms with Gasteiger partial charge < -0.3 is 14.5 Å². The zero-order chi connectivity index (χ0) is 16.6. The van der Waals surface area contributed by atoms with Gasteiger partial charge in [-0.05, 0) is 23.6 Å². The number of carbonyl (C=O) groups is 1. The molecule has 1 saturated heterocycles. The molecule has 0 bridgehead atoms. The van der Waals surface area contributed by atoms with E-state index in [2.05, 4.69) is 29.8 Å². The first-order valence-electron chi connectivity index (χ1n) is 7.97. The van der Waals surface area contributed by atoms with Crippen LogP contribution in [0.5, 0.6) is 5.75 Å². The van der Waals surface area contributed by atoms with Crippen molar-refractivity contribution in [1.29, 1.82) is 0 Å². The van der Waals surface area contributed by atoms with Gasteiger partial charge in [0.2, 0.25) is 5.91 Å². The molecule has 0 spiro atoms. The molecule has 0 atom stereocenters. The largest absolute Gasteiger partial charge is 0.497 e. The summed E-state index contributed by atoms with van der Waals surface area (Å²) in [5.74, 6) is 1.33. The number of ether oxygens (including phenoxy) is 1. The molecule has 5 heteroatoms. The van der Waals surface area contributed by atoms with Crippen molar-refractivity contribution in [3.05, 3.63) is 30.0 Å². The molecule has 2 aromatic rings. The van der Waals surface area contributed by atoms with Gasteiger partial charge in [-0.25, -0.2) is 0 Å². The summed E-state index contributed by atoms with van der Waals surface area (Å²) >= 11 is 0. The summed E-state index contributed by atoms with van der Waals surface area (Å²) in [7, 11) is 3.52. The fraction of sp³-hybridized carbons (Fsp3) is 0.444. The molecule has 0 unspecified atom stereocenters. The van der Waals surface area contributed by atoms with E-state index in [0.29, 0.717) is 12.5 Å². The van der Waals surface area contributed by atoms with Crippen LogP contribution in [0, 0.1) is 0 Å². The van der Waals surface area contributed by atoms with Crippen molar-refractivity contribution in [3.63, 3.8) is 0 Å². The minimum atomic E-state index is 0.132. The summed E-state index contributed by atoms with van der Waals surface area (Å²) in [6, 6.07) is 6.09. The van der Waals surface area contributed by atoms with Gasteiger partial charge in [0.15, 0.2) is 0 Å². The van der Waals surface area contributed by atoms with Crippen LogP contribution in [-0.2, 0) is 4.79 Å². The average Bonchev–Trinajstić information content (AvgIpc) is 2.55. The summed E-state index contributed by atoms with van der Waals surface area (Å²) in [6.07, 6.45) is 1.85. The van der Waals surface area contributed by atoms with E-state index < -0.39 is 0 Å². The van der Waals surface area contributed by atoms with Gasteiger partial charge in [-0.2, -0.15) is 0 Å². The average molecular weight is 313 g/mol. The first-order chi connectivity index (χ1) is 11.0. The van der Waals surface area contributed by atoms with E-state index in [1.807, 2.05) is 25.4 Å². The molecule has 1 aromatic carbocycles. The Bertz CT molecular complexity index is 742. The lowest BCUT2D eigenvalue weighted by Crippen LogP contribution is -2.48. The van der Waals surface area contributed by atoms with E-state index in [0.717, 1.165) is 35.4 Å². The summed E-state index contributed by atoms with van der Waals surface area (Å²) in [4.78, 5) is 20.5. The van der Waals surface area contributed by atoms with Crippen LogP contribution in [0.3, 0.4) is 0 Å². The normalized spacial score (nSPS) is 15.6. The van der Waals surface area contributed by atoms with Gasteiger partial charge in [-0.3, -0.25) is 9.78 Å². The summed E-state index contributed by atoms with van der Waals surface area (Å²) < 4.78 is 5.49. The third-order valence-corrected chi connectivity index (χ3v) is 4.49. The number of benzene rings is 1. The van der Waals surface area contributed by atoms with E-state index in [-0.39, 0.29) is 5.91 Å². The number of methoxy groups -OCH3 is 1. The second kappa shape index (κ2) is 6.07. The SMILES string of the molecule is COc1cc(N2CCN(C)C(=O)C2)c2nccc(C(C)C)c2c1. The van der Waals surface area contributed by atoms with Gasteiger partial charge in [0, 0.05) is 37.8 Å². The number of nitrogens with zero attached hydrogens (tertiary/aromatic N) is 3. The van der Waals surface area contributed by atoms with E-state index in [1.165, 1.54) is 5.56 Å². The molecule has 3 rings (SSSR count). The molecule has 23 heavy (non-hydrogen) atoms. The second-order valence-corrected chi connectivity index (χ2v) is 6.33. The number of fused-ring (bicyclic) bond motifs is 1. The Morgan fingerprint density at radius 3 is 2.70 bits per heavy atom. The van der Waals surface area contributed by atoms with Gasteiger partial charge >= 0.3 is 0 Å². The number of aromatic nitrogens is 1. The van der Waals surface area contributed by atoms with Gasteiger partial charge in [0.25, 0.3) is 0 Å². The summed E-state index contributed by atoms with van der Waals surface area (Å²) in [6.45, 7) is 6.26. The lowest BCUT2D eigenvalue weighted by atomic mass is 9.98. The second-order valence-electron chi connectivity index (χ2n) is 6.33. The zero-order valence-electron chi connectivity index (χ0n) is 14.2. The van der Waals surface area contributed by atoms with Gasteiger partial charge in [0.1, 0.15) is 5.75 Å². The van der Waals surface area contributed by atoms with Crippen molar-refractivity contribution in [2.45, 2.75) is 19.8 Å². The molecule has 2 heterocycles. The fourth-order valence-electron chi connectivity index (χ4n) is 3.06. The van der Waals surface area contributed by atoms with Gasteiger partial charge in [-0.1, -0.05) is 13.8 Å². The van der Waals surface area contributed by atoms with E-state index in [1.54, 1.807) is 12.0 Å².